The Bertz CT molecular complexity index is 1100. The average molecular weight is 498 g/mol. The molecule has 2 aromatic carbocycles. The molecule has 1 unspecified atom stereocenters. The Hall–Kier alpha value is -3.14. The van der Waals surface area contributed by atoms with Crippen LogP contribution in [0.3, 0.4) is 0 Å². The first-order chi connectivity index (χ1) is 15.9. The van der Waals surface area contributed by atoms with Crippen LogP contribution in [0.15, 0.2) is 30.3 Å². The van der Waals surface area contributed by atoms with E-state index < -0.39 is 42.8 Å². The van der Waals surface area contributed by atoms with Crippen molar-refractivity contribution in [2.24, 2.45) is 0 Å². The van der Waals surface area contributed by atoms with Gasteiger partial charge in [0, 0.05) is 38.0 Å². The Morgan fingerprint density at radius 2 is 1.44 bits per heavy atom. The van der Waals surface area contributed by atoms with Gasteiger partial charge in [-0.05, 0) is 54.8 Å². The number of amides is 2. The lowest BCUT2D eigenvalue weighted by atomic mass is 9.98. The van der Waals surface area contributed by atoms with Gasteiger partial charge in [-0.25, -0.2) is 13.6 Å². The SMILES string of the molecule is COC(=O)C(NC(=O)c1c(C)cc(C(=O)NCc2cc(F)cc(F)c2)cc1C)P(=O)(OC)OC. The van der Waals surface area contributed by atoms with Crippen molar-refractivity contribution in [2.45, 2.75) is 26.2 Å². The highest BCUT2D eigenvalue weighted by Crippen LogP contribution is 2.50. The fourth-order valence-corrected chi connectivity index (χ4v) is 4.52. The van der Waals surface area contributed by atoms with E-state index in [4.69, 9.17) is 9.05 Å². The summed E-state index contributed by atoms with van der Waals surface area (Å²) in [6, 6.07) is 5.80. The molecular formula is C22H25F2N2O7P. The molecule has 0 spiro atoms. The first kappa shape index (κ1) is 27.1. The van der Waals surface area contributed by atoms with Crippen LogP contribution in [0.2, 0.25) is 0 Å². The number of hydrogen-bond donors (Lipinski definition) is 2. The Kier molecular flexibility index (Phi) is 9.03. The number of carbonyl (C=O) groups excluding carboxylic acids is 3. The number of benzene rings is 2. The van der Waals surface area contributed by atoms with Crippen LogP contribution in [0.4, 0.5) is 8.78 Å². The third kappa shape index (κ3) is 6.25. The summed E-state index contributed by atoms with van der Waals surface area (Å²) >= 11 is 0. The minimum absolute atomic E-state index is 0.113. The van der Waals surface area contributed by atoms with E-state index >= 15 is 0 Å². The number of halogens is 2. The molecule has 34 heavy (non-hydrogen) atoms. The lowest BCUT2D eigenvalue weighted by Crippen LogP contribution is -2.42. The average Bonchev–Trinajstić information content (AvgIpc) is 2.78. The van der Waals surface area contributed by atoms with Gasteiger partial charge in [-0.1, -0.05) is 0 Å². The molecule has 0 fully saturated rings. The van der Waals surface area contributed by atoms with Gasteiger partial charge in [0.1, 0.15) is 11.6 Å². The maximum Gasteiger partial charge on any atom is 0.363 e. The third-order valence-electron chi connectivity index (χ3n) is 4.91. The number of hydrogen-bond acceptors (Lipinski definition) is 7. The zero-order valence-corrected chi connectivity index (χ0v) is 20.1. The van der Waals surface area contributed by atoms with E-state index in [0.717, 1.165) is 39.5 Å². The number of methoxy groups -OCH3 is 1. The van der Waals surface area contributed by atoms with Crippen molar-refractivity contribution in [3.8, 4) is 0 Å². The van der Waals surface area contributed by atoms with Gasteiger partial charge in [-0.3, -0.25) is 14.2 Å². The lowest BCUT2D eigenvalue weighted by Gasteiger charge is -2.23. The second-order valence-electron chi connectivity index (χ2n) is 7.25. The minimum Gasteiger partial charge on any atom is -0.467 e. The summed E-state index contributed by atoms with van der Waals surface area (Å²) in [6.45, 7) is 3.03. The molecule has 0 heterocycles. The van der Waals surface area contributed by atoms with E-state index in [1.54, 1.807) is 13.8 Å². The molecule has 2 aromatic rings. The van der Waals surface area contributed by atoms with E-state index in [1.807, 2.05) is 0 Å². The topological polar surface area (TPSA) is 120 Å². The molecular weight excluding hydrogens is 473 g/mol. The van der Waals surface area contributed by atoms with Gasteiger partial charge in [0.25, 0.3) is 11.8 Å². The van der Waals surface area contributed by atoms with Crippen LogP contribution in [-0.2, 0) is 29.7 Å². The fourth-order valence-electron chi connectivity index (χ4n) is 3.31. The second kappa shape index (κ2) is 11.3. The Labute approximate surface area is 195 Å². The molecule has 2 amide bonds. The largest absolute Gasteiger partial charge is 0.467 e. The highest BCUT2D eigenvalue weighted by molar-refractivity contribution is 7.55. The summed E-state index contributed by atoms with van der Waals surface area (Å²) in [6.07, 6.45) is 0. The van der Waals surface area contributed by atoms with Gasteiger partial charge < -0.3 is 24.4 Å². The van der Waals surface area contributed by atoms with Crippen molar-refractivity contribution in [2.75, 3.05) is 21.3 Å². The zero-order valence-electron chi connectivity index (χ0n) is 19.2. The number of rotatable bonds is 9. The van der Waals surface area contributed by atoms with Crippen LogP contribution in [0.1, 0.15) is 37.4 Å². The van der Waals surface area contributed by atoms with Crippen molar-refractivity contribution in [1.29, 1.82) is 0 Å². The van der Waals surface area contributed by atoms with Crippen molar-refractivity contribution in [3.63, 3.8) is 0 Å². The molecule has 0 aliphatic carbocycles. The molecule has 9 nitrogen and oxygen atoms in total. The summed E-state index contributed by atoms with van der Waals surface area (Å²) in [5.74, 6) is -5.56. The van der Waals surface area contributed by atoms with E-state index in [2.05, 4.69) is 15.4 Å². The number of ether oxygens (including phenoxy) is 1. The van der Waals surface area contributed by atoms with Crippen molar-refractivity contribution in [3.05, 3.63) is 69.8 Å². The van der Waals surface area contributed by atoms with E-state index in [9.17, 15) is 27.7 Å². The highest BCUT2D eigenvalue weighted by Gasteiger charge is 2.42. The fraction of sp³-hybridized carbons (Fsp3) is 0.318. The third-order valence-corrected chi connectivity index (χ3v) is 6.91. The number of esters is 1. The highest BCUT2D eigenvalue weighted by atomic mass is 31.2. The first-order valence-corrected chi connectivity index (χ1v) is 11.5. The minimum atomic E-state index is -4.06. The van der Waals surface area contributed by atoms with Gasteiger partial charge in [0.15, 0.2) is 0 Å². The maximum atomic E-state index is 13.3. The Morgan fingerprint density at radius 3 is 1.91 bits per heavy atom. The molecule has 184 valence electrons. The molecule has 0 bridgehead atoms. The molecule has 0 aliphatic rings. The van der Waals surface area contributed by atoms with Crippen LogP contribution in [0.5, 0.6) is 0 Å². The maximum absolute atomic E-state index is 13.3. The molecule has 12 heteroatoms. The van der Waals surface area contributed by atoms with Crippen LogP contribution < -0.4 is 10.6 Å². The van der Waals surface area contributed by atoms with Crippen LogP contribution in [0, 0.1) is 25.5 Å². The van der Waals surface area contributed by atoms with Crippen molar-refractivity contribution < 1.29 is 41.5 Å². The monoisotopic (exact) mass is 498 g/mol. The van der Waals surface area contributed by atoms with Gasteiger partial charge in [-0.15, -0.1) is 0 Å². The normalized spacial score (nSPS) is 12.1. The Balaban J connectivity index is 2.25. The molecule has 0 saturated heterocycles. The van der Waals surface area contributed by atoms with Crippen LogP contribution in [0.25, 0.3) is 0 Å². The smallest absolute Gasteiger partial charge is 0.363 e. The number of carbonyl (C=O) groups is 3. The Morgan fingerprint density at radius 1 is 0.912 bits per heavy atom. The molecule has 1 atom stereocenters. The first-order valence-electron chi connectivity index (χ1n) is 9.90. The molecule has 0 saturated carbocycles. The summed E-state index contributed by atoms with van der Waals surface area (Å²) < 4.78 is 53.6. The lowest BCUT2D eigenvalue weighted by molar-refractivity contribution is -0.141. The molecule has 2 rings (SSSR count). The molecule has 2 N–H and O–H groups in total. The number of nitrogens with one attached hydrogen (secondary N) is 2. The summed E-state index contributed by atoms with van der Waals surface area (Å²) in [4.78, 5) is 37.6. The van der Waals surface area contributed by atoms with Gasteiger partial charge in [0.2, 0.25) is 5.78 Å². The number of aryl methyl sites for hydroxylation is 2. The van der Waals surface area contributed by atoms with Gasteiger partial charge >= 0.3 is 13.6 Å². The quantitative estimate of drug-likeness (QED) is 0.402. The van der Waals surface area contributed by atoms with Crippen molar-refractivity contribution in [1.82, 2.24) is 10.6 Å². The van der Waals surface area contributed by atoms with Crippen LogP contribution >= 0.6 is 7.60 Å². The van der Waals surface area contributed by atoms with Gasteiger partial charge in [0.05, 0.1) is 7.11 Å². The summed E-state index contributed by atoms with van der Waals surface area (Å²) in [5, 5.41) is 4.87. The van der Waals surface area contributed by atoms with Gasteiger partial charge in [-0.2, -0.15) is 0 Å². The molecule has 0 aromatic heterocycles. The molecule has 0 radical (unpaired) electrons. The van der Waals surface area contributed by atoms with Crippen LogP contribution in [-0.4, -0.2) is 44.9 Å². The predicted octanol–water partition coefficient (Wildman–Crippen LogP) is 3.23. The zero-order chi connectivity index (χ0) is 25.6. The second-order valence-corrected chi connectivity index (χ2v) is 9.58. The van der Waals surface area contributed by atoms with E-state index in [-0.39, 0.29) is 23.2 Å². The van der Waals surface area contributed by atoms with E-state index in [0.29, 0.717) is 11.1 Å². The summed E-state index contributed by atoms with van der Waals surface area (Å²) in [7, 11) is -0.880. The van der Waals surface area contributed by atoms with Crippen molar-refractivity contribution >= 4 is 25.4 Å². The molecule has 0 aliphatic heterocycles. The van der Waals surface area contributed by atoms with E-state index in [1.165, 1.54) is 12.1 Å². The predicted molar refractivity (Wildman–Crippen MR) is 118 cm³/mol. The standard InChI is InChI=1S/C22H25F2N2O7P/c1-12-6-15(19(27)25-11-14-8-16(23)10-17(24)9-14)7-13(2)18(12)20(28)26-21(22(29)31-3)34(30,32-4)33-5/h6-10,21H,11H2,1-5H3,(H,25,27)(H,26,28). The summed E-state index contributed by atoms with van der Waals surface area (Å²) in [5.41, 5.74) is 1.34.